The van der Waals surface area contributed by atoms with Crippen LogP contribution in [0.5, 0.6) is 17.2 Å². The zero-order valence-electron chi connectivity index (χ0n) is 17.0. The lowest BCUT2D eigenvalue weighted by Crippen LogP contribution is -2.02. The van der Waals surface area contributed by atoms with E-state index in [9.17, 15) is 5.26 Å². The maximum atomic E-state index is 9.64. The van der Waals surface area contributed by atoms with Crippen LogP contribution in [0.1, 0.15) is 18.4 Å². The van der Waals surface area contributed by atoms with Gasteiger partial charge in [-0.1, -0.05) is 23.2 Å². The van der Waals surface area contributed by atoms with Crippen LogP contribution in [-0.4, -0.2) is 31.7 Å². The molecule has 0 fully saturated rings. The van der Waals surface area contributed by atoms with Gasteiger partial charge in [0, 0.05) is 29.6 Å². The Morgan fingerprint density at radius 3 is 2.45 bits per heavy atom. The number of alkyl halides is 1. The molecule has 0 radical (unpaired) electrons. The van der Waals surface area contributed by atoms with E-state index in [1.165, 1.54) is 13.3 Å². The highest BCUT2D eigenvalue weighted by molar-refractivity contribution is 6.37. The largest absolute Gasteiger partial charge is 0.495 e. The van der Waals surface area contributed by atoms with E-state index in [-0.39, 0.29) is 0 Å². The minimum atomic E-state index is 0.343. The molecule has 1 N–H and O–H groups in total. The third-order valence-electron chi connectivity index (χ3n) is 4.56. The van der Waals surface area contributed by atoms with E-state index in [1.807, 2.05) is 0 Å². The number of pyridine rings is 1. The number of nitrogens with one attached hydrogen (secondary N) is 1. The Bertz CT molecular complexity index is 1130. The normalized spacial score (nSPS) is 10.6. The molecule has 0 bridgehead atoms. The average Bonchev–Trinajstić information content (AvgIpc) is 2.78. The first-order valence-corrected chi connectivity index (χ1v) is 10.7. The number of unbranched alkanes of at least 4 members (excludes halogenated alkanes) is 1. The maximum absolute atomic E-state index is 9.64. The van der Waals surface area contributed by atoms with Crippen molar-refractivity contribution in [3.05, 3.63) is 46.1 Å². The summed E-state index contributed by atoms with van der Waals surface area (Å²) in [6.45, 7) is 0.510. The quantitative estimate of drug-likeness (QED) is 0.276. The second kappa shape index (κ2) is 10.6. The molecule has 2 aromatic carbocycles. The van der Waals surface area contributed by atoms with Gasteiger partial charge in [-0.15, -0.1) is 11.6 Å². The molecular weight excluding hydrogens is 461 g/mol. The molecule has 3 rings (SSSR count). The lowest BCUT2D eigenvalue weighted by molar-refractivity contribution is 0.289. The van der Waals surface area contributed by atoms with Crippen molar-refractivity contribution in [2.24, 2.45) is 0 Å². The second-order valence-corrected chi connectivity index (χ2v) is 7.71. The molecule has 6 nitrogen and oxygen atoms in total. The van der Waals surface area contributed by atoms with Gasteiger partial charge in [0.2, 0.25) is 0 Å². The molecule has 0 amide bonds. The summed E-state index contributed by atoms with van der Waals surface area (Å²) in [5.41, 5.74) is 2.04. The van der Waals surface area contributed by atoms with Crippen LogP contribution >= 0.6 is 34.8 Å². The minimum absolute atomic E-state index is 0.343. The number of aromatic nitrogens is 1. The summed E-state index contributed by atoms with van der Waals surface area (Å²) < 4.78 is 16.6. The molecular formula is C22H20Cl3N3O3. The summed E-state index contributed by atoms with van der Waals surface area (Å²) in [6.07, 6.45) is 3.19. The highest BCUT2D eigenvalue weighted by atomic mass is 35.5. The summed E-state index contributed by atoms with van der Waals surface area (Å²) in [5.74, 6) is 2.14. The third kappa shape index (κ3) is 5.19. The number of ether oxygens (including phenoxy) is 3. The molecule has 9 heteroatoms. The molecule has 162 valence electrons. The lowest BCUT2D eigenvalue weighted by atomic mass is 10.1. The van der Waals surface area contributed by atoms with Crippen molar-refractivity contribution in [1.82, 2.24) is 4.98 Å². The highest BCUT2D eigenvalue weighted by Gasteiger charge is 2.16. The average molecular weight is 481 g/mol. The Morgan fingerprint density at radius 2 is 1.77 bits per heavy atom. The van der Waals surface area contributed by atoms with Crippen molar-refractivity contribution < 1.29 is 14.2 Å². The Balaban J connectivity index is 2.07. The van der Waals surface area contributed by atoms with E-state index >= 15 is 0 Å². The molecule has 0 unspecified atom stereocenters. The van der Waals surface area contributed by atoms with Crippen LogP contribution in [0.15, 0.2) is 30.5 Å². The summed E-state index contributed by atoms with van der Waals surface area (Å²) in [4.78, 5) is 4.41. The van der Waals surface area contributed by atoms with Crippen molar-refractivity contribution in [2.45, 2.75) is 12.8 Å². The Morgan fingerprint density at radius 1 is 1.00 bits per heavy atom. The van der Waals surface area contributed by atoms with Gasteiger partial charge in [-0.3, -0.25) is 4.98 Å². The predicted octanol–water partition coefficient (Wildman–Crippen LogP) is 6.57. The number of methoxy groups -OCH3 is 2. The van der Waals surface area contributed by atoms with Crippen molar-refractivity contribution in [2.75, 3.05) is 32.0 Å². The molecule has 0 aliphatic carbocycles. The van der Waals surface area contributed by atoms with Gasteiger partial charge in [0.25, 0.3) is 0 Å². The van der Waals surface area contributed by atoms with Crippen molar-refractivity contribution in [1.29, 1.82) is 5.26 Å². The zero-order valence-corrected chi connectivity index (χ0v) is 19.2. The van der Waals surface area contributed by atoms with Gasteiger partial charge in [-0.25, -0.2) is 0 Å². The third-order valence-corrected chi connectivity index (χ3v) is 5.44. The first-order chi connectivity index (χ1) is 15.0. The number of halogens is 3. The molecule has 0 saturated carbocycles. The van der Waals surface area contributed by atoms with Gasteiger partial charge in [0.1, 0.15) is 11.8 Å². The number of benzene rings is 2. The van der Waals surface area contributed by atoms with Crippen molar-refractivity contribution in [3.63, 3.8) is 0 Å². The summed E-state index contributed by atoms with van der Waals surface area (Å²) >= 11 is 18.2. The van der Waals surface area contributed by atoms with Crippen LogP contribution in [0.4, 0.5) is 11.4 Å². The fraction of sp³-hybridized carbons (Fsp3) is 0.273. The van der Waals surface area contributed by atoms with Crippen LogP contribution in [-0.2, 0) is 0 Å². The fourth-order valence-electron chi connectivity index (χ4n) is 2.99. The predicted molar refractivity (Wildman–Crippen MR) is 125 cm³/mol. The molecule has 1 heterocycles. The molecule has 0 aliphatic rings. The lowest BCUT2D eigenvalue weighted by Gasteiger charge is -2.16. The van der Waals surface area contributed by atoms with E-state index in [4.69, 9.17) is 49.0 Å². The van der Waals surface area contributed by atoms with Crippen LogP contribution < -0.4 is 19.5 Å². The Labute approximate surface area is 195 Å². The van der Waals surface area contributed by atoms with Crippen LogP contribution in [0.25, 0.3) is 10.9 Å². The smallest absolute Gasteiger partial charge is 0.163 e. The van der Waals surface area contributed by atoms with Gasteiger partial charge >= 0.3 is 0 Å². The molecule has 0 aliphatic heterocycles. The van der Waals surface area contributed by atoms with E-state index < -0.39 is 0 Å². The Kier molecular flexibility index (Phi) is 7.91. The van der Waals surface area contributed by atoms with Gasteiger partial charge < -0.3 is 19.5 Å². The highest BCUT2D eigenvalue weighted by Crippen LogP contribution is 2.40. The molecule has 0 saturated heterocycles. The van der Waals surface area contributed by atoms with E-state index in [0.717, 1.165) is 12.8 Å². The van der Waals surface area contributed by atoms with E-state index in [0.29, 0.717) is 67.6 Å². The fourth-order valence-corrected chi connectivity index (χ4v) is 3.68. The first kappa shape index (κ1) is 23.1. The van der Waals surface area contributed by atoms with Crippen molar-refractivity contribution >= 4 is 57.1 Å². The molecule has 0 spiro atoms. The topological polar surface area (TPSA) is 76.4 Å². The van der Waals surface area contributed by atoms with Gasteiger partial charge in [0.05, 0.1) is 53.3 Å². The van der Waals surface area contributed by atoms with Gasteiger partial charge in [-0.05, 0) is 25.0 Å². The van der Waals surface area contributed by atoms with Gasteiger partial charge in [-0.2, -0.15) is 5.26 Å². The second-order valence-electron chi connectivity index (χ2n) is 6.52. The van der Waals surface area contributed by atoms with Crippen LogP contribution in [0.2, 0.25) is 10.0 Å². The number of fused-ring (bicyclic) bond motifs is 1. The number of rotatable bonds is 9. The molecule has 0 atom stereocenters. The van der Waals surface area contributed by atoms with Crippen LogP contribution in [0, 0.1) is 11.3 Å². The summed E-state index contributed by atoms with van der Waals surface area (Å²) in [7, 11) is 3.07. The number of hydrogen-bond donors (Lipinski definition) is 1. The number of hydrogen-bond acceptors (Lipinski definition) is 6. The minimum Gasteiger partial charge on any atom is -0.495 e. The molecule has 31 heavy (non-hydrogen) atoms. The maximum Gasteiger partial charge on any atom is 0.163 e. The van der Waals surface area contributed by atoms with E-state index in [1.54, 1.807) is 31.4 Å². The SMILES string of the molecule is COc1cc(Nc2c(C#N)cnc3cc(OCCCCCl)c(OC)cc23)c(Cl)cc1Cl. The standard InChI is InChI=1S/C22H20Cl3N3O3/c1-29-19-10-18(15(24)8-16(19)25)28-22-13(11-26)12-27-17-9-21(31-6-4-3-5-23)20(30-2)7-14(17)22/h7-10,12H,3-6H2,1-2H3,(H,27,28). The van der Waals surface area contributed by atoms with Gasteiger partial charge in [0.15, 0.2) is 11.5 Å². The monoisotopic (exact) mass is 479 g/mol. The molecule has 3 aromatic rings. The van der Waals surface area contributed by atoms with Crippen molar-refractivity contribution in [3.8, 4) is 23.3 Å². The van der Waals surface area contributed by atoms with E-state index in [2.05, 4.69) is 16.4 Å². The number of nitrogens with zero attached hydrogens (tertiary/aromatic N) is 2. The zero-order chi connectivity index (χ0) is 22.4. The molecule has 1 aromatic heterocycles. The first-order valence-electron chi connectivity index (χ1n) is 9.42. The summed E-state index contributed by atoms with van der Waals surface area (Å²) in [5, 5.41) is 14.3. The Hall–Kier alpha value is -2.59. The number of anilines is 2. The van der Waals surface area contributed by atoms with Crippen LogP contribution in [0.3, 0.4) is 0 Å². The summed E-state index contributed by atoms with van der Waals surface area (Å²) in [6, 6.07) is 8.97. The number of nitriles is 1.